The Morgan fingerprint density at radius 3 is 2.28 bits per heavy atom. The molecule has 8 nitrogen and oxygen atoms in total. The maximum absolute atomic E-state index is 13.1. The van der Waals surface area contributed by atoms with E-state index in [1.54, 1.807) is 17.0 Å². The molecule has 2 rings (SSSR count). The highest BCUT2D eigenvalue weighted by atomic mass is 19.1. The highest BCUT2D eigenvalue weighted by Gasteiger charge is 2.38. The number of rotatable bonds is 9. The maximum Gasteiger partial charge on any atom is 0.475 e. The fraction of sp³-hybridized carbons (Fsp3) is 0.579. The first kappa shape index (κ1) is 23.1. The van der Waals surface area contributed by atoms with Crippen LogP contribution in [0, 0.1) is 11.7 Å². The van der Waals surface area contributed by atoms with Crippen molar-refractivity contribution in [3.05, 3.63) is 30.1 Å². The SMILES string of the molecule is CC(C)C[C@@H](NC(=O)[C@@H](NC(=O)[C@@H]1CCN1c1ccc(F)cc1)C(C)O)B(O)O. The van der Waals surface area contributed by atoms with E-state index in [2.05, 4.69) is 10.6 Å². The maximum atomic E-state index is 13.1. The Balaban J connectivity index is 2.02. The molecule has 4 atom stereocenters. The van der Waals surface area contributed by atoms with Gasteiger partial charge in [0.05, 0.1) is 12.0 Å². The van der Waals surface area contributed by atoms with Gasteiger partial charge in [-0.25, -0.2) is 4.39 Å². The quantitative estimate of drug-likeness (QED) is 0.361. The van der Waals surface area contributed by atoms with Crippen molar-refractivity contribution in [2.24, 2.45) is 5.92 Å². The Bertz CT molecular complexity index is 702. The van der Waals surface area contributed by atoms with Gasteiger partial charge in [-0.1, -0.05) is 13.8 Å². The second kappa shape index (κ2) is 10.0. The minimum absolute atomic E-state index is 0.0981. The Morgan fingerprint density at radius 1 is 1.21 bits per heavy atom. The third-order valence-electron chi connectivity index (χ3n) is 4.96. The summed E-state index contributed by atoms with van der Waals surface area (Å²) in [7, 11) is -1.76. The Hall–Kier alpha value is -2.17. The van der Waals surface area contributed by atoms with Crippen molar-refractivity contribution >= 4 is 24.6 Å². The van der Waals surface area contributed by atoms with Gasteiger partial charge in [0, 0.05) is 12.2 Å². The average molecular weight is 409 g/mol. The molecule has 10 heteroatoms. The molecule has 160 valence electrons. The highest BCUT2D eigenvalue weighted by Crippen LogP contribution is 2.26. The monoisotopic (exact) mass is 409 g/mol. The topological polar surface area (TPSA) is 122 Å². The van der Waals surface area contributed by atoms with E-state index in [-0.39, 0.29) is 11.7 Å². The predicted octanol–water partition coefficient (Wildman–Crippen LogP) is -0.187. The third kappa shape index (κ3) is 6.15. The van der Waals surface area contributed by atoms with Gasteiger partial charge < -0.3 is 30.7 Å². The van der Waals surface area contributed by atoms with Crippen LogP contribution < -0.4 is 15.5 Å². The molecule has 0 radical (unpaired) electrons. The number of aliphatic hydroxyl groups is 1. The molecule has 29 heavy (non-hydrogen) atoms. The fourth-order valence-corrected chi connectivity index (χ4v) is 3.29. The van der Waals surface area contributed by atoms with Gasteiger partial charge in [-0.3, -0.25) is 9.59 Å². The molecule has 0 spiro atoms. The van der Waals surface area contributed by atoms with Crippen molar-refractivity contribution in [1.82, 2.24) is 10.6 Å². The van der Waals surface area contributed by atoms with Gasteiger partial charge in [0.1, 0.15) is 17.9 Å². The molecule has 1 unspecified atom stereocenters. The molecule has 0 bridgehead atoms. The summed E-state index contributed by atoms with van der Waals surface area (Å²) in [5, 5.41) is 34.0. The summed E-state index contributed by atoms with van der Waals surface area (Å²) in [6.07, 6.45) is -0.304. The molecule has 0 aromatic heterocycles. The van der Waals surface area contributed by atoms with Crippen LogP contribution >= 0.6 is 0 Å². The Morgan fingerprint density at radius 2 is 1.83 bits per heavy atom. The summed E-state index contributed by atoms with van der Waals surface area (Å²) >= 11 is 0. The van der Waals surface area contributed by atoms with Crippen LogP contribution in [0.25, 0.3) is 0 Å². The summed E-state index contributed by atoms with van der Waals surface area (Å²) in [6.45, 7) is 5.73. The molecule has 1 heterocycles. The molecule has 2 amide bonds. The smallest absolute Gasteiger partial charge is 0.426 e. The van der Waals surface area contributed by atoms with E-state index in [1.165, 1.54) is 19.1 Å². The molecule has 1 saturated heterocycles. The van der Waals surface area contributed by atoms with E-state index < -0.39 is 43.1 Å². The lowest BCUT2D eigenvalue weighted by Crippen LogP contribution is -2.62. The molecule has 0 aliphatic carbocycles. The van der Waals surface area contributed by atoms with Crippen LogP contribution in [0.15, 0.2) is 24.3 Å². The minimum Gasteiger partial charge on any atom is -0.426 e. The number of hydrogen-bond donors (Lipinski definition) is 5. The van der Waals surface area contributed by atoms with Crippen molar-refractivity contribution in [2.45, 2.75) is 57.7 Å². The number of nitrogens with zero attached hydrogens (tertiary/aromatic N) is 1. The molecule has 1 aliphatic heterocycles. The van der Waals surface area contributed by atoms with Crippen LogP contribution in [-0.4, -0.2) is 64.8 Å². The molecular weight excluding hydrogens is 380 g/mol. The van der Waals surface area contributed by atoms with E-state index in [9.17, 15) is 29.1 Å². The van der Waals surface area contributed by atoms with Crippen LogP contribution in [0.2, 0.25) is 0 Å². The lowest BCUT2D eigenvalue weighted by molar-refractivity contribution is -0.133. The van der Waals surface area contributed by atoms with Gasteiger partial charge in [0.2, 0.25) is 11.8 Å². The number of anilines is 1. The Labute approximate surface area is 170 Å². The zero-order valence-electron chi connectivity index (χ0n) is 16.9. The van der Waals surface area contributed by atoms with Crippen LogP contribution in [0.5, 0.6) is 0 Å². The van der Waals surface area contributed by atoms with Crippen LogP contribution in [0.1, 0.15) is 33.6 Å². The normalized spacial score (nSPS) is 19.2. The average Bonchev–Trinajstić information content (AvgIpc) is 2.59. The lowest BCUT2D eigenvalue weighted by atomic mass is 9.75. The van der Waals surface area contributed by atoms with Gasteiger partial charge in [0.25, 0.3) is 0 Å². The number of nitrogens with one attached hydrogen (secondary N) is 2. The molecule has 5 N–H and O–H groups in total. The molecule has 1 aromatic rings. The van der Waals surface area contributed by atoms with Crippen LogP contribution in [-0.2, 0) is 9.59 Å². The van der Waals surface area contributed by atoms with Gasteiger partial charge in [0.15, 0.2) is 0 Å². The second-order valence-electron chi connectivity index (χ2n) is 7.86. The standard InChI is InChI=1S/C19H29BFN3O5/c1-11(2)10-16(20(28)29)22-19(27)17(12(3)25)23-18(26)15-8-9-24(15)14-6-4-13(21)5-7-14/h4-7,11-12,15-17,25,28-29H,8-10H2,1-3H3,(H,22,27)(H,23,26)/t12?,15-,16+,17-/m0/s1. The highest BCUT2D eigenvalue weighted by molar-refractivity contribution is 6.43. The zero-order valence-corrected chi connectivity index (χ0v) is 16.9. The lowest BCUT2D eigenvalue weighted by Gasteiger charge is -2.42. The first-order valence-electron chi connectivity index (χ1n) is 9.77. The second-order valence-corrected chi connectivity index (χ2v) is 7.86. The third-order valence-corrected chi connectivity index (χ3v) is 4.96. The first-order valence-corrected chi connectivity index (χ1v) is 9.77. The summed E-state index contributed by atoms with van der Waals surface area (Å²) in [6, 6.07) is 3.99. The van der Waals surface area contributed by atoms with Gasteiger partial charge in [-0.05, 0) is 49.9 Å². The number of benzene rings is 1. The predicted molar refractivity (Wildman–Crippen MR) is 107 cm³/mol. The molecule has 0 saturated carbocycles. The number of hydrogen-bond acceptors (Lipinski definition) is 6. The van der Waals surface area contributed by atoms with Crippen molar-refractivity contribution in [1.29, 1.82) is 0 Å². The fourth-order valence-electron chi connectivity index (χ4n) is 3.29. The number of aliphatic hydroxyl groups excluding tert-OH is 1. The van der Waals surface area contributed by atoms with Crippen LogP contribution in [0.3, 0.4) is 0 Å². The number of amides is 2. The molecule has 1 aromatic carbocycles. The zero-order chi connectivity index (χ0) is 21.7. The van der Waals surface area contributed by atoms with Crippen molar-refractivity contribution in [3.8, 4) is 0 Å². The minimum atomic E-state index is -1.76. The molecule has 1 aliphatic rings. The molecule has 1 fully saturated rings. The van der Waals surface area contributed by atoms with Crippen molar-refractivity contribution in [2.75, 3.05) is 11.4 Å². The largest absolute Gasteiger partial charge is 0.475 e. The van der Waals surface area contributed by atoms with E-state index in [0.29, 0.717) is 25.1 Å². The first-order chi connectivity index (χ1) is 13.6. The van der Waals surface area contributed by atoms with E-state index in [1.807, 2.05) is 13.8 Å². The van der Waals surface area contributed by atoms with Crippen molar-refractivity contribution < 1.29 is 29.1 Å². The summed E-state index contributed by atoms with van der Waals surface area (Å²) in [5.74, 6) is -2.32. The van der Waals surface area contributed by atoms with Gasteiger partial charge >= 0.3 is 7.12 Å². The summed E-state index contributed by atoms with van der Waals surface area (Å²) in [5.41, 5.74) is 0.691. The number of halogens is 1. The Kier molecular flexibility index (Phi) is 8.00. The van der Waals surface area contributed by atoms with E-state index in [4.69, 9.17) is 0 Å². The van der Waals surface area contributed by atoms with E-state index in [0.717, 1.165) is 0 Å². The summed E-state index contributed by atoms with van der Waals surface area (Å²) in [4.78, 5) is 27.0. The van der Waals surface area contributed by atoms with Gasteiger partial charge in [-0.15, -0.1) is 0 Å². The number of carbonyl (C=O) groups excluding carboxylic acids is 2. The van der Waals surface area contributed by atoms with Crippen LogP contribution in [0.4, 0.5) is 10.1 Å². The van der Waals surface area contributed by atoms with Gasteiger partial charge in [-0.2, -0.15) is 0 Å². The van der Waals surface area contributed by atoms with Crippen molar-refractivity contribution in [3.63, 3.8) is 0 Å². The summed E-state index contributed by atoms with van der Waals surface area (Å²) < 4.78 is 13.1. The molecular formula is C19H29BFN3O5. The number of carbonyl (C=O) groups is 2. The van der Waals surface area contributed by atoms with E-state index >= 15 is 0 Å².